The Kier molecular flexibility index (Phi) is 5.22. The van der Waals surface area contributed by atoms with E-state index < -0.39 is 0 Å². The van der Waals surface area contributed by atoms with Crippen LogP contribution in [0.15, 0.2) is 42.4 Å². The van der Waals surface area contributed by atoms with Gasteiger partial charge in [-0.1, -0.05) is 0 Å². The molecule has 2 aromatic rings. The number of methoxy groups -OCH3 is 1. The minimum atomic E-state index is 0.417. The number of aryl methyl sites for hydroxylation is 1. The first kappa shape index (κ1) is 19.4. The van der Waals surface area contributed by atoms with Gasteiger partial charge in [-0.3, -0.25) is 0 Å². The molecule has 0 saturated heterocycles. The van der Waals surface area contributed by atoms with Gasteiger partial charge in [-0.2, -0.15) is 0 Å². The molecule has 0 N–H and O–H groups in total. The van der Waals surface area contributed by atoms with E-state index in [0.29, 0.717) is 35.7 Å². The topological polar surface area (TPSA) is 60.4 Å². The first-order valence-electron chi connectivity index (χ1n) is 9.68. The Hall–Kier alpha value is -2.96. The Morgan fingerprint density at radius 1 is 1.21 bits per heavy atom. The number of rotatable bonds is 6. The summed E-state index contributed by atoms with van der Waals surface area (Å²) in [7, 11) is 9.68. The zero-order valence-electron chi connectivity index (χ0n) is 17.2. The van der Waals surface area contributed by atoms with E-state index in [0.717, 1.165) is 34.6 Å². The van der Waals surface area contributed by atoms with Gasteiger partial charge in [0.05, 0.1) is 7.11 Å². The molecule has 0 bridgehead atoms. The van der Waals surface area contributed by atoms with Crippen LogP contribution in [-0.4, -0.2) is 53.7 Å². The quantitative estimate of drug-likeness (QED) is 0.711. The minimum absolute atomic E-state index is 0.417. The number of likely N-dealkylation sites (N-methyl/N-ethyl adjacent to an activating group) is 1. The third-order valence-electron chi connectivity index (χ3n) is 5.41. The van der Waals surface area contributed by atoms with Crippen molar-refractivity contribution in [2.45, 2.75) is 26.2 Å². The molecule has 6 nitrogen and oxygen atoms in total. The van der Waals surface area contributed by atoms with E-state index in [-0.39, 0.29) is 0 Å². The van der Waals surface area contributed by atoms with E-state index >= 15 is 0 Å². The van der Waals surface area contributed by atoms with Crippen molar-refractivity contribution in [3.63, 3.8) is 0 Å². The number of hydrogen-bond acceptors (Lipinski definition) is 6. The van der Waals surface area contributed by atoms with Crippen LogP contribution in [0.2, 0.25) is 0 Å². The second-order valence-corrected chi connectivity index (χ2v) is 7.58. The summed E-state index contributed by atoms with van der Waals surface area (Å²) in [5.41, 5.74) is 4.69. The second kappa shape index (κ2) is 7.81. The van der Waals surface area contributed by atoms with Crippen LogP contribution in [0.25, 0.3) is 5.57 Å². The van der Waals surface area contributed by atoms with Crippen molar-refractivity contribution in [1.29, 1.82) is 0 Å². The van der Waals surface area contributed by atoms with Crippen molar-refractivity contribution >= 4 is 18.6 Å². The van der Waals surface area contributed by atoms with Crippen LogP contribution in [0, 0.1) is 12.8 Å². The molecule has 2 aliphatic rings. The predicted molar refractivity (Wildman–Crippen MR) is 114 cm³/mol. The van der Waals surface area contributed by atoms with Crippen LogP contribution < -0.4 is 9.47 Å². The standard InChI is InChI=1S/C22H24BN4O2/c1-13-11-27(3)21(23)8-17(13)19-10-24-14(2)26-22(19)29-12-15-7-18(15)20-6-5-16(28-4)9-25-20/h5-6,8-11,15,18H,7,12H2,1-4H3. The zero-order chi connectivity index (χ0) is 20.5. The van der Waals surface area contributed by atoms with Gasteiger partial charge in [-0.05, 0) is 0 Å². The van der Waals surface area contributed by atoms with Crippen molar-refractivity contribution in [1.82, 2.24) is 19.9 Å². The van der Waals surface area contributed by atoms with Crippen LogP contribution in [0.1, 0.15) is 36.3 Å². The molecule has 0 spiro atoms. The Morgan fingerprint density at radius 2 is 2.03 bits per heavy atom. The van der Waals surface area contributed by atoms with E-state index in [1.807, 2.05) is 56.4 Å². The molecular formula is C22H24BN4O2. The number of pyridine rings is 1. The summed E-state index contributed by atoms with van der Waals surface area (Å²) < 4.78 is 11.3. The molecule has 4 rings (SSSR count). The monoisotopic (exact) mass is 387 g/mol. The van der Waals surface area contributed by atoms with Crippen LogP contribution in [0.4, 0.5) is 0 Å². The van der Waals surface area contributed by atoms with Gasteiger partial charge in [0.1, 0.15) is 5.75 Å². The van der Waals surface area contributed by atoms with Gasteiger partial charge in [0.25, 0.3) is 0 Å². The van der Waals surface area contributed by atoms with Crippen LogP contribution in [-0.2, 0) is 0 Å². The fraction of sp³-hybridized carbons (Fsp3) is 0.364. The molecular weight excluding hydrogens is 363 g/mol. The maximum absolute atomic E-state index is 6.17. The summed E-state index contributed by atoms with van der Waals surface area (Å²) in [5, 5.41) is 0. The number of ether oxygens (including phenoxy) is 2. The Labute approximate surface area is 172 Å². The normalized spacial score (nSPS) is 20.8. The Morgan fingerprint density at radius 3 is 2.76 bits per heavy atom. The molecule has 29 heavy (non-hydrogen) atoms. The third kappa shape index (κ3) is 4.09. The molecule has 2 atom stereocenters. The van der Waals surface area contributed by atoms with E-state index in [1.165, 1.54) is 0 Å². The average Bonchev–Trinajstić information content (AvgIpc) is 3.49. The van der Waals surface area contributed by atoms with Crippen molar-refractivity contribution in [3.05, 3.63) is 59.5 Å². The summed E-state index contributed by atoms with van der Waals surface area (Å²) in [6.07, 6.45) is 8.58. The maximum atomic E-state index is 6.17. The van der Waals surface area contributed by atoms with Gasteiger partial charge < -0.3 is 4.74 Å². The van der Waals surface area contributed by atoms with Gasteiger partial charge in [0, 0.05) is 0 Å². The summed E-state index contributed by atoms with van der Waals surface area (Å²) >= 11 is 0. The molecule has 1 aliphatic carbocycles. The molecule has 7 heteroatoms. The number of nitrogens with zero attached hydrogens (tertiary/aromatic N) is 4. The third-order valence-corrected chi connectivity index (χ3v) is 5.41. The molecule has 0 aromatic carbocycles. The number of aromatic nitrogens is 3. The van der Waals surface area contributed by atoms with Gasteiger partial charge in [0.15, 0.2) is 0 Å². The molecule has 1 radical (unpaired) electrons. The first-order valence-corrected chi connectivity index (χ1v) is 9.68. The van der Waals surface area contributed by atoms with E-state index in [1.54, 1.807) is 13.3 Å². The number of allylic oxidation sites excluding steroid dienone is 2. The molecule has 3 heterocycles. The van der Waals surface area contributed by atoms with E-state index in [2.05, 4.69) is 15.0 Å². The molecule has 1 saturated carbocycles. The van der Waals surface area contributed by atoms with Gasteiger partial charge >= 0.3 is 154 Å². The fourth-order valence-corrected chi connectivity index (χ4v) is 3.54. The SMILES string of the molecule is [B]=C1C=C(c2cnc(C)nc2OCC2CC2c2ccc(OC)cn2)C(C)=CN1C. The summed E-state index contributed by atoms with van der Waals surface area (Å²) in [6, 6.07) is 3.98. The average molecular weight is 387 g/mol. The summed E-state index contributed by atoms with van der Waals surface area (Å²) in [6.45, 7) is 4.51. The summed E-state index contributed by atoms with van der Waals surface area (Å²) in [4.78, 5) is 15.3. The van der Waals surface area contributed by atoms with Crippen molar-refractivity contribution in [2.24, 2.45) is 5.92 Å². The second-order valence-electron chi connectivity index (χ2n) is 7.58. The Bertz CT molecular complexity index is 1000. The van der Waals surface area contributed by atoms with Crippen molar-refractivity contribution in [3.8, 4) is 11.6 Å². The molecule has 1 aliphatic heterocycles. The van der Waals surface area contributed by atoms with E-state index in [4.69, 9.17) is 17.0 Å². The zero-order valence-corrected chi connectivity index (χ0v) is 17.2. The summed E-state index contributed by atoms with van der Waals surface area (Å²) in [5.74, 6) is 2.90. The van der Waals surface area contributed by atoms with Gasteiger partial charge in [0.2, 0.25) is 0 Å². The van der Waals surface area contributed by atoms with Crippen LogP contribution in [0.5, 0.6) is 11.6 Å². The van der Waals surface area contributed by atoms with Gasteiger partial charge in [-0.15, -0.1) is 0 Å². The number of hydrogen-bond donors (Lipinski definition) is 0. The molecule has 0 amide bonds. The molecule has 2 aromatic heterocycles. The fourth-order valence-electron chi connectivity index (χ4n) is 3.54. The van der Waals surface area contributed by atoms with Crippen molar-refractivity contribution < 1.29 is 9.47 Å². The predicted octanol–water partition coefficient (Wildman–Crippen LogP) is 2.90. The molecule has 2 unspecified atom stereocenters. The van der Waals surface area contributed by atoms with Crippen molar-refractivity contribution in [2.75, 3.05) is 20.8 Å². The Balaban J connectivity index is 1.48. The molecule has 1 fully saturated rings. The molecule has 147 valence electrons. The first-order chi connectivity index (χ1) is 14.0. The van der Waals surface area contributed by atoms with E-state index in [9.17, 15) is 0 Å². The van der Waals surface area contributed by atoms with Gasteiger partial charge in [-0.25, -0.2) is 0 Å². The van der Waals surface area contributed by atoms with Crippen LogP contribution in [0.3, 0.4) is 0 Å². The van der Waals surface area contributed by atoms with Crippen LogP contribution >= 0.6 is 0 Å².